The molecule has 2 heterocycles. The minimum absolute atomic E-state index is 0.0463. The maximum Gasteiger partial charge on any atom is 0.234 e. The summed E-state index contributed by atoms with van der Waals surface area (Å²) < 4.78 is 5.13. The van der Waals surface area contributed by atoms with Gasteiger partial charge in [0.2, 0.25) is 6.29 Å². The second kappa shape index (κ2) is 1.45. The van der Waals surface area contributed by atoms with Crippen molar-refractivity contribution in [2.45, 2.75) is 12.7 Å². The monoisotopic (exact) mass is 113 g/mol. The van der Waals surface area contributed by atoms with Crippen molar-refractivity contribution in [1.82, 2.24) is 0 Å². The van der Waals surface area contributed by atoms with Crippen molar-refractivity contribution >= 4 is 6.21 Å². The molecule has 0 bridgehead atoms. The third-order valence-corrected chi connectivity index (χ3v) is 1.50. The molecule has 2 rings (SSSR count). The SMILES string of the molecule is C1=NO[C@@H]2OCC[C@H]12. The Morgan fingerprint density at radius 2 is 2.62 bits per heavy atom. The molecule has 3 nitrogen and oxygen atoms in total. The molecule has 0 amide bonds. The molecule has 0 aliphatic carbocycles. The lowest BCUT2D eigenvalue weighted by Crippen LogP contribution is -2.11. The first kappa shape index (κ1) is 4.32. The lowest BCUT2D eigenvalue weighted by molar-refractivity contribution is -0.105. The first-order valence-corrected chi connectivity index (χ1v) is 2.78. The fourth-order valence-corrected chi connectivity index (χ4v) is 1.01. The van der Waals surface area contributed by atoms with E-state index in [-0.39, 0.29) is 6.29 Å². The van der Waals surface area contributed by atoms with Crippen LogP contribution in [0.25, 0.3) is 0 Å². The van der Waals surface area contributed by atoms with Gasteiger partial charge in [-0.25, -0.2) is 0 Å². The Labute approximate surface area is 47.3 Å². The van der Waals surface area contributed by atoms with E-state index in [9.17, 15) is 0 Å². The Hall–Kier alpha value is -0.570. The molecule has 0 saturated carbocycles. The molecule has 0 spiro atoms. The highest BCUT2D eigenvalue weighted by molar-refractivity contribution is 5.62. The summed E-state index contributed by atoms with van der Waals surface area (Å²) in [5.41, 5.74) is 0. The molecule has 2 aliphatic rings. The highest BCUT2D eigenvalue weighted by Crippen LogP contribution is 2.23. The van der Waals surface area contributed by atoms with Crippen molar-refractivity contribution in [3.05, 3.63) is 0 Å². The zero-order chi connectivity index (χ0) is 5.40. The Morgan fingerprint density at radius 3 is 3.50 bits per heavy atom. The number of fused-ring (bicyclic) bond motifs is 1. The van der Waals surface area contributed by atoms with Crippen molar-refractivity contribution in [3.63, 3.8) is 0 Å². The summed E-state index contributed by atoms with van der Waals surface area (Å²) in [5, 5.41) is 3.62. The first-order chi connectivity index (χ1) is 3.97. The summed E-state index contributed by atoms with van der Waals surface area (Å²) in [7, 11) is 0. The summed E-state index contributed by atoms with van der Waals surface area (Å²) in [6.07, 6.45) is 2.83. The van der Waals surface area contributed by atoms with Crippen LogP contribution in [-0.2, 0) is 9.57 Å². The largest absolute Gasteiger partial charge is 0.363 e. The standard InChI is InChI=1S/C5H7NO2/c1-2-7-5-4(1)3-6-8-5/h3-5H,1-2H2/t4-,5+/m1/s1. The van der Waals surface area contributed by atoms with Crippen LogP contribution in [0.15, 0.2) is 5.16 Å². The minimum atomic E-state index is -0.0463. The molecular formula is C5H7NO2. The Balaban J connectivity index is 2.13. The van der Waals surface area contributed by atoms with Crippen molar-refractivity contribution in [3.8, 4) is 0 Å². The summed E-state index contributed by atoms with van der Waals surface area (Å²) in [6, 6.07) is 0. The van der Waals surface area contributed by atoms with Gasteiger partial charge < -0.3 is 9.57 Å². The lowest BCUT2D eigenvalue weighted by atomic mass is 10.1. The van der Waals surface area contributed by atoms with Crippen LogP contribution in [-0.4, -0.2) is 19.1 Å². The number of rotatable bonds is 0. The van der Waals surface area contributed by atoms with E-state index in [2.05, 4.69) is 5.16 Å². The summed E-state index contributed by atoms with van der Waals surface area (Å²) in [6.45, 7) is 0.821. The molecule has 2 aliphatic heterocycles. The van der Waals surface area contributed by atoms with Crippen molar-refractivity contribution in [2.24, 2.45) is 11.1 Å². The molecule has 44 valence electrons. The summed E-state index contributed by atoms with van der Waals surface area (Å²) in [5.74, 6) is 0.440. The van der Waals surface area contributed by atoms with Gasteiger partial charge >= 0.3 is 0 Å². The van der Waals surface area contributed by atoms with Crippen LogP contribution in [0.5, 0.6) is 0 Å². The fraction of sp³-hybridized carbons (Fsp3) is 0.800. The minimum Gasteiger partial charge on any atom is -0.363 e. The van der Waals surface area contributed by atoms with E-state index in [1.165, 1.54) is 0 Å². The fourth-order valence-electron chi connectivity index (χ4n) is 1.01. The van der Waals surface area contributed by atoms with Gasteiger partial charge in [-0.05, 0) is 6.42 Å². The van der Waals surface area contributed by atoms with Crippen LogP contribution in [0.1, 0.15) is 6.42 Å². The molecule has 1 fully saturated rings. The molecule has 0 aromatic heterocycles. The van der Waals surface area contributed by atoms with E-state index >= 15 is 0 Å². The maximum absolute atomic E-state index is 5.13. The zero-order valence-electron chi connectivity index (χ0n) is 4.41. The number of hydrogen-bond acceptors (Lipinski definition) is 3. The van der Waals surface area contributed by atoms with Crippen LogP contribution in [0.2, 0.25) is 0 Å². The van der Waals surface area contributed by atoms with Crippen molar-refractivity contribution < 1.29 is 9.57 Å². The molecule has 0 aromatic rings. The molecule has 3 heteroatoms. The van der Waals surface area contributed by atoms with Gasteiger partial charge in [0.05, 0.1) is 18.7 Å². The average molecular weight is 113 g/mol. The Kier molecular flexibility index (Phi) is 0.784. The predicted molar refractivity (Wildman–Crippen MR) is 27.4 cm³/mol. The highest BCUT2D eigenvalue weighted by atomic mass is 16.8. The van der Waals surface area contributed by atoms with Crippen LogP contribution in [0.4, 0.5) is 0 Å². The Morgan fingerprint density at radius 1 is 1.62 bits per heavy atom. The smallest absolute Gasteiger partial charge is 0.234 e. The Bertz CT molecular complexity index is 124. The van der Waals surface area contributed by atoms with E-state index in [0.29, 0.717) is 5.92 Å². The average Bonchev–Trinajstić information content (AvgIpc) is 2.15. The number of nitrogens with zero attached hydrogens (tertiary/aromatic N) is 1. The second-order valence-electron chi connectivity index (χ2n) is 2.05. The van der Waals surface area contributed by atoms with Crippen LogP contribution in [0.3, 0.4) is 0 Å². The van der Waals surface area contributed by atoms with Gasteiger partial charge in [-0.15, -0.1) is 0 Å². The van der Waals surface area contributed by atoms with Gasteiger partial charge in [-0.1, -0.05) is 5.16 Å². The van der Waals surface area contributed by atoms with E-state index in [1.807, 2.05) is 6.21 Å². The van der Waals surface area contributed by atoms with E-state index < -0.39 is 0 Å². The molecule has 0 unspecified atom stereocenters. The molecule has 2 atom stereocenters. The van der Waals surface area contributed by atoms with E-state index in [0.717, 1.165) is 13.0 Å². The lowest BCUT2D eigenvalue weighted by Gasteiger charge is -2.02. The van der Waals surface area contributed by atoms with Gasteiger partial charge in [0.1, 0.15) is 0 Å². The van der Waals surface area contributed by atoms with Crippen LogP contribution in [0, 0.1) is 5.92 Å². The predicted octanol–water partition coefficient (Wildman–Crippen LogP) is 0.365. The molecule has 0 N–H and O–H groups in total. The highest BCUT2D eigenvalue weighted by Gasteiger charge is 2.32. The topological polar surface area (TPSA) is 30.8 Å². The van der Waals surface area contributed by atoms with Crippen LogP contribution < -0.4 is 0 Å². The number of oxime groups is 1. The number of hydrogen-bond donors (Lipinski definition) is 0. The normalized spacial score (nSPS) is 42.0. The molecule has 8 heavy (non-hydrogen) atoms. The molecule has 1 saturated heterocycles. The van der Waals surface area contributed by atoms with Gasteiger partial charge in [0, 0.05) is 0 Å². The van der Waals surface area contributed by atoms with Gasteiger partial charge in [0.15, 0.2) is 0 Å². The summed E-state index contributed by atoms with van der Waals surface area (Å²) in [4.78, 5) is 4.82. The quantitative estimate of drug-likeness (QED) is 0.454. The molecule has 0 aromatic carbocycles. The third-order valence-electron chi connectivity index (χ3n) is 1.50. The summed E-state index contributed by atoms with van der Waals surface area (Å²) >= 11 is 0. The third kappa shape index (κ3) is 0.448. The van der Waals surface area contributed by atoms with Gasteiger partial charge in [-0.2, -0.15) is 0 Å². The number of ether oxygens (including phenoxy) is 1. The van der Waals surface area contributed by atoms with E-state index in [1.54, 1.807) is 0 Å². The molecule has 0 radical (unpaired) electrons. The van der Waals surface area contributed by atoms with Crippen molar-refractivity contribution in [1.29, 1.82) is 0 Å². The second-order valence-corrected chi connectivity index (χ2v) is 2.05. The van der Waals surface area contributed by atoms with Gasteiger partial charge in [0.25, 0.3) is 0 Å². The van der Waals surface area contributed by atoms with Crippen molar-refractivity contribution in [2.75, 3.05) is 6.61 Å². The zero-order valence-corrected chi connectivity index (χ0v) is 4.41. The first-order valence-electron chi connectivity index (χ1n) is 2.78. The van der Waals surface area contributed by atoms with E-state index in [4.69, 9.17) is 9.57 Å². The van der Waals surface area contributed by atoms with Crippen LogP contribution >= 0.6 is 0 Å². The molecular weight excluding hydrogens is 106 g/mol. The maximum atomic E-state index is 5.13. The van der Waals surface area contributed by atoms with Gasteiger partial charge in [-0.3, -0.25) is 0 Å².